The summed E-state index contributed by atoms with van der Waals surface area (Å²) < 4.78 is 0. The minimum absolute atomic E-state index is 0.0326. The Morgan fingerprint density at radius 1 is 1.38 bits per heavy atom. The summed E-state index contributed by atoms with van der Waals surface area (Å²) in [5.41, 5.74) is 6.87. The van der Waals surface area contributed by atoms with E-state index in [0.717, 1.165) is 5.69 Å². The molecule has 6 nitrogen and oxygen atoms in total. The lowest BCUT2D eigenvalue weighted by atomic mass is 9.99. The molecule has 1 fully saturated rings. The van der Waals surface area contributed by atoms with Crippen molar-refractivity contribution in [1.29, 1.82) is 0 Å². The molecule has 1 unspecified atom stereocenters. The Morgan fingerprint density at radius 3 is 2.62 bits per heavy atom. The smallest absolute Gasteiger partial charge is 0.324 e. The lowest BCUT2D eigenvalue weighted by molar-refractivity contribution is -0.138. The molecule has 6 heteroatoms. The summed E-state index contributed by atoms with van der Waals surface area (Å²) in [6, 6.07) is 7.18. The summed E-state index contributed by atoms with van der Waals surface area (Å²) in [6.07, 6.45) is 0. The van der Waals surface area contributed by atoms with Gasteiger partial charge in [0.1, 0.15) is 0 Å². The second-order valence-corrected chi connectivity index (χ2v) is 5.44. The summed E-state index contributed by atoms with van der Waals surface area (Å²) >= 11 is 0. The molecule has 21 heavy (non-hydrogen) atoms. The van der Waals surface area contributed by atoms with Crippen LogP contribution in [0.5, 0.6) is 0 Å². The molecule has 1 aromatic rings. The van der Waals surface area contributed by atoms with Gasteiger partial charge in [-0.2, -0.15) is 0 Å². The van der Waals surface area contributed by atoms with Crippen LogP contribution in [0.1, 0.15) is 25.3 Å². The third-order valence-corrected chi connectivity index (χ3v) is 3.78. The van der Waals surface area contributed by atoms with Gasteiger partial charge in [0.2, 0.25) is 0 Å². The minimum Gasteiger partial charge on any atom is -0.481 e. The van der Waals surface area contributed by atoms with Crippen molar-refractivity contribution in [3.8, 4) is 0 Å². The van der Waals surface area contributed by atoms with Crippen molar-refractivity contribution < 1.29 is 14.7 Å². The van der Waals surface area contributed by atoms with Crippen LogP contribution in [0.25, 0.3) is 0 Å². The Balaban J connectivity index is 2.26. The van der Waals surface area contributed by atoms with Crippen molar-refractivity contribution in [2.75, 3.05) is 24.5 Å². The van der Waals surface area contributed by atoms with E-state index in [-0.39, 0.29) is 18.6 Å². The van der Waals surface area contributed by atoms with Crippen molar-refractivity contribution >= 4 is 17.7 Å². The van der Waals surface area contributed by atoms with Gasteiger partial charge < -0.3 is 15.7 Å². The van der Waals surface area contributed by atoms with Crippen molar-refractivity contribution in [2.24, 2.45) is 5.73 Å². The molecule has 1 aliphatic rings. The van der Waals surface area contributed by atoms with Gasteiger partial charge in [-0.1, -0.05) is 12.1 Å². The quantitative estimate of drug-likeness (QED) is 0.860. The largest absolute Gasteiger partial charge is 0.481 e. The first-order valence-corrected chi connectivity index (χ1v) is 7.06. The monoisotopic (exact) mass is 291 g/mol. The van der Waals surface area contributed by atoms with Gasteiger partial charge >= 0.3 is 12.0 Å². The number of rotatable bonds is 5. The third-order valence-electron chi connectivity index (χ3n) is 3.78. The number of hydrogen-bond acceptors (Lipinski definition) is 3. The van der Waals surface area contributed by atoms with E-state index in [4.69, 9.17) is 5.73 Å². The van der Waals surface area contributed by atoms with Gasteiger partial charge in [0.25, 0.3) is 0 Å². The Bertz CT molecular complexity index is 545. The summed E-state index contributed by atoms with van der Waals surface area (Å²) in [6.45, 7) is 5.28. The van der Waals surface area contributed by atoms with Crippen LogP contribution in [0.3, 0.4) is 0 Å². The molecule has 114 valence electrons. The second kappa shape index (κ2) is 6.13. The van der Waals surface area contributed by atoms with Gasteiger partial charge in [-0.25, -0.2) is 4.79 Å². The lowest BCUT2D eigenvalue weighted by Crippen LogP contribution is -2.36. The molecule has 1 aliphatic heterocycles. The Hall–Kier alpha value is -2.08. The first kappa shape index (κ1) is 15.3. The van der Waals surface area contributed by atoms with E-state index < -0.39 is 11.9 Å². The van der Waals surface area contributed by atoms with E-state index in [9.17, 15) is 14.7 Å². The molecule has 2 rings (SSSR count). The summed E-state index contributed by atoms with van der Waals surface area (Å²) in [7, 11) is 0. The number of carbonyl (C=O) groups excluding carboxylic acids is 1. The number of carbonyl (C=O) groups is 2. The zero-order valence-corrected chi connectivity index (χ0v) is 12.3. The van der Waals surface area contributed by atoms with Crippen LogP contribution in [0.2, 0.25) is 0 Å². The Morgan fingerprint density at radius 2 is 2.10 bits per heavy atom. The van der Waals surface area contributed by atoms with Crippen LogP contribution >= 0.6 is 0 Å². The number of carboxylic acid groups (broad SMARTS) is 1. The highest BCUT2D eigenvalue weighted by atomic mass is 16.4. The standard InChI is InChI=1S/C15H21N3O3/c1-10(2)17-6-7-18(15(17)21)12-5-3-4-11(8-12)13(9-16)14(19)20/h3-5,8,10,13H,6-7,9,16H2,1-2H3,(H,19,20). The SMILES string of the molecule is CC(C)N1CCN(c2cccc(C(CN)C(=O)O)c2)C1=O. The van der Waals surface area contributed by atoms with Gasteiger partial charge in [-0.15, -0.1) is 0 Å². The van der Waals surface area contributed by atoms with Crippen LogP contribution < -0.4 is 10.6 Å². The topological polar surface area (TPSA) is 86.9 Å². The van der Waals surface area contributed by atoms with E-state index in [2.05, 4.69) is 0 Å². The predicted octanol–water partition coefficient (Wildman–Crippen LogP) is 1.46. The number of benzene rings is 1. The number of anilines is 1. The summed E-state index contributed by atoms with van der Waals surface area (Å²) in [5.74, 6) is -1.70. The van der Waals surface area contributed by atoms with Gasteiger partial charge in [0.05, 0.1) is 5.92 Å². The highest BCUT2D eigenvalue weighted by molar-refractivity contribution is 5.94. The molecule has 2 amide bonds. The van der Waals surface area contributed by atoms with Gasteiger partial charge in [-0.3, -0.25) is 9.69 Å². The van der Waals surface area contributed by atoms with Gasteiger partial charge in [-0.05, 0) is 31.5 Å². The average Bonchev–Trinajstić information content (AvgIpc) is 2.81. The van der Waals surface area contributed by atoms with E-state index >= 15 is 0 Å². The summed E-state index contributed by atoms with van der Waals surface area (Å²) in [4.78, 5) is 27.0. The molecule has 0 aromatic heterocycles. The molecule has 1 aromatic carbocycles. The number of aliphatic carboxylic acids is 1. The zero-order chi connectivity index (χ0) is 15.6. The maximum Gasteiger partial charge on any atom is 0.324 e. The molecule has 0 bridgehead atoms. The molecular formula is C15H21N3O3. The maximum atomic E-state index is 12.3. The number of nitrogens with two attached hydrogens (primary N) is 1. The lowest BCUT2D eigenvalue weighted by Gasteiger charge is -2.22. The number of carboxylic acids is 1. The minimum atomic E-state index is -0.953. The highest BCUT2D eigenvalue weighted by Crippen LogP contribution is 2.25. The van der Waals surface area contributed by atoms with Gasteiger partial charge in [0.15, 0.2) is 0 Å². The first-order valence-electron chi connectivity index (χ1n) is 7.06. The van der Waals surface area contributed by atoms with Crippen molar-refractivity contribution in [3.05, 3.63) is 29.8 Å². The van der Waals surface area contributed by atoms with E-state index in [0.29, 0.717) is 18.7 Å². The molecule has 0 radical (unpaired) electrons. The van der Waals surface area contributed by atoms with Gasteiger partial charge in [0, 0.05) is 31.4 Å². The van der Waals surface area contributed by atoms with Crippen LogP contribution in [0.15, 0.2) is 24.3 Å². The molecular weight excluding hydrogens is 270 g/mol. The molecule has 0 aliphatic carbocycles. The zero-order valence-electron chi connectivity index (χ0n) is 12.3. The second-order valence-electron chi connectivity index (χ2n) is 5.44. The number of hydrogen-bond donors (Lipinski definition) is 2. The van der Waals surface area contributed by atoms with Crippen LogP contribution in [-0.2, 0) is 4.79 Å². The maximum absolute atomic E-state index is 12.3. The number of urea groups is 1. The number of amides is 2. The fraction of sp³-hybridized carbons (Fsp3) is 0.467. The molecule has 1 heterocycles. The molecule has 1 saturated heterocycles. The van der Waals surface area contributed by atoms with E-state index in [1.807, 2.05) is 19.9 Å². The fourth-order valence-corrected chi connectivity index (χ4v) is 2.56. The van der Waals surface area contributed by atoms with Crippen LogP contribution in [0.4, 0.5) is 10.5 Å². The first-order chi connectivity index (χ1) is 9.95. The van der Waals surface area contributed by atoms with Crippen LogP contribution in [-0.4, -0.2) is 47.7 Å². The molecule has 0 spiro atoms. The average molecular weight is 291 g/mol. The van der Waals surface area contributed by atoms with E-state index in [1.54, 1.807) is 28.0 Å². The Labute approximate surface area is 124 Å². The van der Waals surface area contributed by atoms with E-state index in [1.165, 1.54) is 0 Å². The number of nitrogens with zero attached hydrogens (tertiary/aromatic N) is 2. The molecule has 3 N–H and O–H groups in total. The van der Waals surface area contributed by atoms with Crippen molar-refractivity contribution in [2.45, 2.75) is 25.8 Å². The van der Waals surface area contributed by atoms with Crippen molar-refractivity contribution in [3.63, 3.8) is 0 Å². The Kier molecular flexibility index (Phi) is 4.47. The highest BCUT2D eigenvalue weighted by Gasteiger charge is 2.31. The fourth-order valence-electron chi connectivity index (χ4n) is 2.56. The van der Waals surface area contributed by atoms with Crippen LogP contribution in [0, 0.1) is 0 Å². The normalized spacial score (nSPS) is 16.7. The predicted molar refractivity (Wildman–Crippen MR) is 80.5 cm³/mol. The third kappa shape index (κ3) is 3.00. The summed E-state index contributed by atoms with van der Waals surface area (Å²) in [5, 5.41) is 9.18. The molecule has 0 saturated carbocycles. The van der Waals surface area contributed by atoms with Crippen molar-refractivity contribution in [1.82, 2.24) is 4.90 Å². The molecule has 1 atom stereocenters.